The Kier molecular flexibility index (Phi) is 6.11. The van der Waals surface area contributed by atoms with Gasteiger partial charge in [0.05, 0.1) is 6.04 Å². The van der Waals surface area contributed by atoms with E-state index in [-0.39, 0.29) is 23.2 Å². The summed E-state index contributed by atoms with van der Waals surface area (Å²) >= 11 is 0. The molecule has 2 nitrogen and oxygen atoms in total. The van der Waals surface area contributed by atoms with Gasteiger partial charge in [0.15, 0.2) is 5.78 Å². The van der Waals surface area contributed by atoms with Gasteiger partial charge in [-0.25, -0.2) is 0 Å². The lowest BCUT2D eigenvalue weighted by molar-refractivity contribution is -0.130. The topological polar surface area (TPSA) is 43.1 Å². The molecule has 2 atom stereocenters. The van der Waals surface area contributed by atoms with Gasteiger partial charge in [-0.2, -0.15) is 0 Å². The Morgan fingerprint density at radius 3 is 2.20 bits per heavy atom. The van der Waals surface area contributed by atoms with Crippen LogP contribution >= 0.6 is 0 Å². The van der Waals surface area contributed by atoms with E-state index in [1.165, 1.54) is 0 Å². The quantitative estimate of drug-likeness (QED) is 0.706. The van der Waals surface area contributed by atoms with E-state index in [0.717, 1.165) is 25.7 Å². The zero-order valence-corrected chi connectivity index (χ0v) is 11.0. The van der Waals surface area contributed by atoms with Crippen LogP contribution in [0.5, 0.6) is 0 Å². The maximum absolute atomic E-state index is 12.2. The summed E-state index contributed by atoms with van der Waals surface area (Å²) < 4.78 is 0. The number of hydrogen-bond donors (Lipinski definition) is 1. The largest absolute Gasteiger partial charge is 0.321 e. The van der Waals surface area contributed by atoms with E-state index in [9.17, 15) is 4.79 Å². The predicted octanol–water partition coefficient (Wildman–Crippen LogP) is 3.15. The van der Waals surface area contributed by atoms with E-state index in [4.69, 9.17) is 5.73 Å². The Morgan fingerprint density at radius 1 is 1.33 bits per heavy atom. The number of ketones is 1. The van der Waals surface area contributed by atoms with Crippen molar-refractivity contribution in [1.29, 1.82) is 0 Å². The Hall–Kier alpha value is -0.370. The summed E-state index contributed by atoms with van der Waals surface area (Å²) in [5.41, 5.74) is 5.74. The fraction of sp³-hybridized carbons (Fsp3) is 0.923. The van der Waals surface area contributed by atoms with Crippen LogP contribution in [-0.2, 0) is 4.79 Å². The molecule has 2 N–H and O–H groups in total. The Balaban J connectivity index is 4.56. The van der Waals surface area contributed by atoms with Crippen molar-refractivity contribution in [1.82, 2.24) is 0 Å². The second kappa shape index (κ2) is 6.26. The van der Waals surface area contributed by atoms with E-state index < -0.39 is 0 Å². The zero-order chi connectivity index (χ0) is 12.1. The highest BCUT2D eigenvalue weighted by Gasteiger charge is 2.35. The van der Waals surface area contributed by atoms with Crippen LogP contribution in [-0.4, -0.2) is 11.8 Å². The minimum atomic E-state index is -0.299. The third-order valence-electron chi connectivity index (χ3n) is 3.48. The summed E-state index contributed by atoms with van der Waals surface area (Å²) in [7, 11) is 0. The van der Waals surface area contributed by atoms with E-state index in [1.807, 2.05) is 13.8 Å². The van der Waals surface area contributed by atoms with Crippen LogP contribution < -0.4 is 5.73 Å². The van der Waals surface area contributed by atoms with Crippen LogP contribution in [0.1, 0.15) is 60.3 Å². The number of hydrogen-bond acceptors (Lipinski definition) is 2. The van der Waals surface area contributed by atoms with Gasteiger partial charge in [-0.15, -0.1) is 0 Å². The van der Waals surface area contributed by atoms with Crippen molar-refractivity contribution in [2.45, 2.75) is 66.3 Å². The molecule has 15 heavy (non-hydrogen) atoms. The lowest BCUT2D eigenvalue weighted by Crippen LogP contribution is -2.44. The van der Waals surface area contributed by atoms with Gasteiger partial charge in [0, 0.05) is 5.41 Å². The molecule has 0 aromatic rings. The summed E-state index contributed by atoms with van der Waals surface area (Å²) in [5.74, 6) is 0.485. The van der Waals surface area contributed by atoms with E-state index in [1.54, 1.807) is 0 Å². The average molecular weight is 213 g/mol. The van der Waals surface area contributed by atoms with Crippen LogP contribution in [0, 0.1) is 11.3 Å². The molecule has 0 saturated carbocycles. The smallest absolute Gasteiger partial charge is 0.155 e. The van der Waals surface area contributed by atoms with E-state index >= 15 is 0 Å². The van der Waals surface area contributed by atoms with Gasteiger partial charge < -0.3 is 5.73 Å². The lowest BCUT2D eigenvalue weighted by atomic mass is 9.74. The molecule has 0 radical (unpaired) electrons. The standard InChI is InChI=1S/C13H27NO/c1-6-8-9-13(5,7-2)12(15)11(14)10(3)4/h10-11H,6-9,14H2,1-5H3/t11-,13?/m1/s1. The number of carbonyl (C=O) groups is 1. The normalized spacial score (nSPS) is 17.5. The Labute approximate surface area is 94.6 Å². The van der Waals surface area contributed by atoms with Crippen molar-refractivity contribution < 1.29 is 4.79 Å². The number of carbonyl (C=O) groups excluding carboxylic acids is 1. The number of nitrogens with two attached hydrogens (primary N) is 1. The highest BCUT2D eigenvalue weighted by Crippen LogP contribution is 2.31. The monoisotopic (exact) mass is 213 g/mol. The maximum Gasteiger partial charge on any atom is 0.155 e. The van der Waals surface area contributed by atoms with Crippen molar-refractivity contribution in [3.63, 3.8) is 0 Å². The van der Waals surface area contributed by atoms with Crippen LogP contribution in [0.2, 0.25) is 0 Å². The van der Waals surface area contributed by atoms with Crippen molar-refractivity contribution in [3.8, 4) is 0 Å². The van der Waals surface area contributed by atoms with Gasteiger partial charge in [-0.3, -0.25) is 4.79 Å². The summed E-state index contributed by atoms with van der Waals surface area (Å²) in [5, 5.41) is 0. The molecule has 90 valence electrons. The first-order valence-corrected chi connectivity index (χ1v) is 6.19. The molecular weight excluding hydrogens is 186 g/mol. The first-order chi connectivity index (χ1) is 6.89. The van der Waals surface area contributed by atoms with Crippen LogP contribution in [0.3, 0.4) is 0 Å². The van der Waals surface area contributed by atoms with Crippen LogP contribution in [0.15, 0.2) is 0 Å². The molecule has 0 fully saturated rings. The molecule has 0 aromatic heterocycles. The van der Waals surface area contributed by atoms with Gasteiger partial charge in [-0.1, -0.05) is 47.5 Å². The average Bonchev–Trinajstić information content (AvgIpc) is 2.23. The van der Waals surface area contributed by atoms with Crippen LogP contribution in [0.25, 0.3) is 0 Å². The van der Waals surface area contributed by atoms with Crippen LogP contribution in [0.4, 0.5) is 0 Å². The lowest BCUT2D eigenvalue weighted by Gasteiger charge is -2.31. The summed E-state index contributed by atoms with van der Waals surface area (Å²) in [6.07, 6.45) is 4.12. The molecule has 0 bridgehead atoms. The minimum absolute atomic E-state index is 0.209. The summed E-state index contributed by atoms with van der Waals surface area (Å²) in [4.78, 5) is 12.2. The predicted molar refractivity (Wildman–Crippen MR) is 65.7 cm³/mol. The second-order valence-electron chi connectivity index (χ2n) is 5.15. The molecule has 0 aliphatic rings. The molecular formula is C13H27NO. The summed E-state index contributed by atoms with van der Waals surface area (Å²) in [6, 6.07) is -0.299. The van der Waals surface area contributed by atoms with Crippen molar-refractivity contribution >= 4 is 5.78 Å². The molecule has 0 rings (SSSR count). The Morgan fingerprint density at radius 2 is 1.87 bits per heavy atom. The molecule has 0 saturated heterocycles. The Bertz CT molecular complexity index is 201. The molecule has 1 unspecified atom stereocenters. The van der Waals surface area contributed by atoms with E-state index in [2.05, 4.69) is 20.8 Å². The first kappa shape index (κ1) is 14.6. The number of rotatable bonds is 7. The zero-order valence-electron chi connectivity index (χ0n) is 11.0. The molecule has 2 heteroatoms. The molecule has 0 aromatic carbocycles. The van der Waals surface area contributed by atoms with Crippen molar-refractivity contribution in [3.05, 3.63) is 0 Å². The third kappa shape index (κ3) is 3.94. The number of unbranched alkanes of at least 4 members (excludes halogenated alkanes) is 1. The van der Waals surface area contributed by atoms with Crippen molar-refractivity contribution in [2.75, 3.05) is 0 Å². The SMILES string of the molecule is CCCCC(C)(CC)C(=O)[C@H](N)C(C)C. The fourth-order valence-corrected chi connectivity index (χ4v) is 1.75. The van der Waals surface area contributed by atoms with Gasteiger partial charge in [-0.05, 0) is 18.8 Å². The maximum atomic E-state index is 12.2. The molecule has 0 heterocycles. The summed E-state index contributed by atoms with van der Waals surface area (Å²) in [6.45, 7) is 10.3. The molecule has 0 aliphatic heterocycles. The molecule has 0 aliphatic carbocycles. The number of Topliss-reactive ketones (excluding diaryl/α,β-unsaturated/α-hetero) is 1. The third-order valence-corrected chi connectivity index (χ3v) is 3.48. The van der Waals surface area contributed by atoms with Gasteiger partial charge in [0.2, 0.25) is 0 Å². The first-order valence-electron chi connectivity index (χ1n) is 6.19. The second-order valence-corrected chi connectivity index (χ2v) is 5.15. The fourth-order valence-electron chi connectivity index (χ4n) is 1.75. The molecule has 0 amide bonds. The highest BCUT2D eigenvalue weighted by atomic mass is 16.1. The highest BCUT2D eigenvalue weighted by molar-refractivity contribution is 5.89. The van der Waals surface area contributed by atoms with Crippen molar-refractivity contribution in [2.24, 2.45) is 17.1 Å². The van der Waals surface area contributed by atoms with E-state index in [0.29, 0.717) is 0 Å². The molecule has 0 spiro atoms. The van der Waals surface area contributed by atoms with Gasteiger partial charge in [0.25, 0.3) is 0 Å². The van der Waals surface area contributed by atoms with Gasteiger partial charge >= 0.3 is 0 Å². The van der Waals surface area contributed by atoms with Gasteiger partial charge in [0.1, 0.15) is 0 Å². The minimum Gasteiger partial charge on any atom is -0.321 e.